The number of hydrogen-bond acceptors (Lipinski definition) is 2. The lowest BCUT2D eigenvalue weighted by Crippen LogP contribution is -1.72. The van der Waals surface area contributed by atoms with Crippen LogP contribution >= 0.6 is 22.9 Å². The third-order valence-corrected chi connectivity index (χ3v) is 2.14. The second-order valence-corrected chi connectivity index (χ2v) is 2.75. The highest BCUT2D eigenvalue weighted by molar-refractivity contribution is 7.10. The molecule has 58 valence electrons. The number of halogens is 1. The monoisotopic (exact) mass is 177 g/mol. The molecule has 1 aromatic rings. The number of nitrogens with zero attached hydrogens (tertiary/aromatic N) is 1. The number of hydrogen-bond donors (Lipinski definition) is 0. The van der Waals surface area contributed by atoms with E-state index in [0.29, 0.717) is 5.15 Å². The quantitative estimate of drug-likeness (QED) is 0.641. The number of aryl methyl sites for hydroxylation is 1. The van der Waals surface area contributed by atoms with E-state index in [1.165, 1.54) is 0 Å². The minimum absolute atomic E-state index is 0.617. The van der Waals surface area contributed by atoms with E-state index in [2.05, 4.69) is 11.9 Å². The van der Waals surface area contributed by atoms with Crippen molar-refractivity contribution in [2.24, 2.45) is 0 Å². The third kappa shape index (κ3) is 3.18. The Bertz CT molecular complexity index is 174. The minimum atomic E-state index is 0.617. The summed E-state index contributed by atoms with van der Waals surface area (Å²) in [6.45, 7) is 6.06. The van der Waals surface area contributed by atoms with Crippen LogP contribution in [0, 0.1) is 0 Å². The molecule has 0 aliphatic heterocycles. The molecule has 1 rings (SSSR count). The summed E-state index contributed by atoms with van der Waals surface area (Å²) in [4.78, 5) is 4.01. The zero-order valence-electron chi connectivity index (χ0n) is 6.52. The van der Waals surface area contributed by atoms with Crippen molar-refractivity contribution >= 4 is 22.9 Å². The minimum Gasteiger partial charge on any atom is -0.230 e. The first-order chi connectivity index (χ1) is 4.83. The first-order valence-electron chi connectivity index (χ1n) is 3.43. The standard InChI is InChI=1S/C5H6ClNS.C2H6/c1-2-5-7-4(6)3-8-5;1-2/h3H,2H2,1H3;1-2H3. The molecule has 0 aliphatic rings. The molecule has 1 aromatic heterocycles. The summed E-state index contributed by atoms with van der Waals surface area (Å²) in [5.74, 6) is 0. The van der Waals surface area contributed by atoms with E-state index in [1.54, 1.807) is 11.3 Å². The largest absolute Gasteiger partial charge is 0.230 e. The molecule has 0 bridgehead atoms. The fourth-order valence-corrected chi connectivity index (χ4v) is 1.34. The van der Waals surface area contributed by atoms with Crippen molar-refractivity contribution in [3.8, 4) is 0 Å². The Hall–Kier alpha value is -0.0800. The van der Waals surface area contributed by atoms with Crippen LogP contribution in [-0.2, 0) is 6.42 Å². The Morgan fingerprint density at radius 1 is 1.60 bits per heavy atom. The van der Waals surface area contributed by atoms with Gasteiger partial charge in [0.15, 0.2) is 0 Å². The van der Waals surface area contributed by atoms with Gasteiger partial charge >= 0.3 is 0 Å². The SMILES string of the molecule is CC.CCc1nc(Cl)cs1. The molecular weight excluding hydrogens is 166 g/mol. The maximum Gasteiger partial charge on any atom is 0.140 e. The van der Waals surface area contributed by atoms with Crippen LogP contribution in [0.25, 0.3) is 0 Å². The molecule has 0 unspecified atom stereocenters. The van der Waals surface area contributed by atoms with Crippen LogP contribution in [0.15, 0.2) is 5.38 Å². The summed E-state index contributed by atoms with van der Waals surface area (Å²) in [7, 11) is 0. The van der Waals surface area contributed by atoms with E-state index in [-0.39, 0.29) is 0 Å². The number of thiazole rings is 1. The lowest BCUT2D eigenvalue weighted by molar-refractivity contribution is 1.09. The van der Waals surface area contributed by atoms with Crippen molar-refractivity contribution in [2.45, 2.75) is 27.2 Å². The lowest BCUT2D eigenvalue weighted by Gasteiger charge is -1.78. The maximum atomic E-state index is 5.54. The molecule has 1 heterocycles. The summed E-state index contributed by atoms with van der Waals surface area (Å²) in [5, 5.41) is 3.57. The van der Waals surface area contributed by atoms with Gasteiger partial charge in [0, 0.05) is 5.38 Å². The molecule has 0 atom stereocenters. The van der Waals surface area contributed by atoms with Gasteiger partial charge in [-0.2, -0.15) is 0 Å². The summed E-state index contributed by atoms with van der Waals surface area (Å²) < 4.78 is 0. The summed E-state index contributed by atoms with van der Waals surface area (Å²) in [5.41, 5.74) is 0. The Labute approximate surface area is 71.1 Å². The molecule has 0 radical (unpaired) electrons. The van der Waals surface area contributed by atoms with Crippen molar-refractivity contribution in [3.05, 3.63) is 15.5 Å². The molecule has 0 N–H and O–H groups in total. The van der Waals surface area contributed by atoms with E-state index in [0.717, 1.165) is 11.4 Å². The molecular formula is C7H12ClNS. The molecule has 0 aliphatic carbocycles. The van der Waals surface area contributed by atoms with E-state index in [1.807, 2.05) is 19.2 Å². The fourth-order valence-electron chi connectivity index (χ4n) is 0.451. The van der Waals surface area contributed by atoms with Crippen molar-refractivity contribution in [1.29, 1.82) is 0 Å². The second kappa shape index (κ2) is 5.69. The zero-order valence-corrected chi connectivity index (χ0v) is 8.09. The van der Waals surface area contributed by atoms with Crippen molar-refractivity contribution in [3.63, 3.8) is 0 Å². The molecule has 0 saturated carbocycles. The van der Waals surface area contributed by atoms with Crippen molar-refractivity contribution in [1.82, 2.24) is 4.98 Å². The molecule has 0 amide bonds. The summed E-state index contributed by atoms with van der Waals surface area (Å²) in [6, 6.07) is 0. The molecule has 0 aromatic carbocycles. The highest BCUT2D eigenvalue weighted by Crippen LogP contribution is 2.13. The zero-order chi connectivity index (χ0) is 7.98. The maximum absolute atomic E-state index is 5.54. The number of rotatable bonds is 1. The van der Waals surface area contributed by atoms with Gasteiger partial charge < -0.3 is 0 Å². The lowest BCUT2D eigenvalue weighted by atomic mass is 10.5. The van der Waals surface area contributed by atoms with Crippen LogP contribution in [-0.4, -0.2) is 4.98 Å². The van der Waals surface area contributed by atoms with Gasteiger partial charge in [-0.25, -0.2) is 4.98 Å². The van der Waals surface area contributed by atoms with Gasteiger partial charge in [-0.1, -0.05) is 32.4 Å². The van der Waals surface area contributed by atoms with E-state index >= 15 is 0 Å². The predicted molar refractivity (Wildman–Crippen MR) is 47.9 cm³/mol. The first kappa shape index (κ1) is 9.92. The van der Waals surface area contributed by atoms with Gasteiger partial charge in [0.2, 0.25) is 0 Å². The fraction of sp³-hybridized carbons (Fsp3) is 0.571. The third-order valence-electron chi connectivity index (χ3n) is 0.826. The van der Waals surface area contributed by atoms with Gasteiger partial charge in [-0.3, -0.25) is 0 Å². The summed E-state index contributed by atoms with van der Waals surface area (Å²) >= 11 is 7.14. The Kier molecular flexibility index (Phi) is 5.64. The Morgan fingerprint density at radius 2 is 2.20 bits per heavy atom. The van der Waals surface area contributed by atoms with Crippen LogP contribution in [0.3, 0.4) is 0 Å². The van der Waals surface area contributed by atoms with Crippen molar-refractivity contribution in [2.75, 3.05) is 0 Å². The molecule has 0 saturated heterocycles. The highest BCUT2D eigenvalue weighted by atomic mass is 35.5. The van der Waals surface area contributed by atoms with Gasteiger partial charge in [0.25, 0.3) is 0 Å². The van der Waals surface area contributed by atoms with Gasteiger partial charge in [0.1, 0.15) is 5.15 Å². The molecule has 0 fully saturated rings. The van der Waals surface area contributed by atoms with Crippen LogP contribution < -0.4 is 0 Å². The molecule has 1 nitrogen and oxygen atoms in total. The topological polar surface area (TPSA) is 12.9 Å². The Balaban J connectivity index is 0.000000371. The van der Waals surface area contributed by atoms with Crippen molar-refractivity contribution < 1.29 is 0 Å². The van der Waals surface area contributed by atoms with E-state index < -0.39 is 0 Å². The predicted octanol–water partition coefficient (Wildman–Crippen LogP) is 3.39. The van der Waals surface area contributed by atoms with Crippen LogP contribution in [0.4, 0.5) is 0 Å². The average molecular weight is 178 g/mol. The van der Waals surface area contributed by atoms with E-state index in [9.17, 15) is 0 Å². The van der Waals surface area contributed by atoms with Crippen LogP contribution in [0.5, 0.6) is 0 Å². The average Bonchev–Trinajstić information content (AvgIpc) is 2.40. The molecule has 3 heteroatoms. The van der Waals surface area contributed by atoms with E-state index in [4.69, 9.17) is 11.6 Å². The number of aromatic nitrogens is 1. The molecule has 10 heavy (non-hydrogen) atoms. The molecule has 0 spiro atoms. The van der Waals surface area contributed by atoms with Gasteiger partial charge in [0.05, 0.1) is 5.01 Å². The summed E-state index contributed by atoms with van der Waals surface area (Å²) in [6.07, 6.45) is 0.984. The normalized spacial score (nSPS) is 8.40. The highest BCUT2D eigenvalue weighted by Gasteiger charge is 1.93. The van der Waals surface area contributed by atoms with Gasteiger partial charge in [-0.05, 0) is 6.42 Å². The Morgan fingerprint density at radius 3 is 2.40 bits per heavy atom. The second-order valence-electron chi connectivity index (χ2n) is 1.42. The van der Waals surface area contributed by atoms with Gasteiger partial charge in [-0.15, -0.1) is 11.3 Å². The smallest absolute Gasteiger partial charge is 0.140 e. The van der Waals surface area contributed by atoms with Crippen LogP contribution in [0.1, 0.15) is 25.8 Å². The first-order valence-corrected chi connectivity index (χ1v) is 4.68. The van der Waals surface area contributed by atoms with Crippen LogP contribution in [0.2, 0.25) is 5.15 Å².